The quantitative estimate of drug-likeness (QED) is 0.846. The molecule has 3 rings (SSSR count). The van der Waals surface area contributed by atoms with E-state index < -0.39 is 0 Å². The largest absolute Gasteiger partial charge is 0.493 e. The van der Waals surface area contributed by atoms with Crippen molar-refractivity contribution in [1.29, 1.82) is 0 Å². The summed E-state index contributed by atoms with van der Waals surface area (Å²) < 4.78 is 10.8. The summed E-state index contributed by atoms with van der Waals surface area (Å²) >= 11 is 5.48. The lowest BCUT2D eigenvalue weighted by atomic mass is 9.87. The van der Waals surface area contributed by atoms with Gasteiger partial charge in [-0.2, -0.15) is 0 Å². The molecule has 2 aliphatic heterocycles. The number of methoxy groups -OCH3 is 2. The van der Waals surface area contributed by atoms with Gasteiger partial charge in [0, 0.05) is 12.6 Å². The van der Waals surface area contributed by atoms with Crippen molar-refractivity contribution in [2.45, 2.75) is 31.8 Å². The predicted octanol–water partition coefficient (Wildman–Crippen LogP) is 2.27. The summed E-state index contributed by atoms with van der Waals surface area (Å²) in [4.78, 5) is 2.30. The van der Waals surface area contributed by atoms with Crippen LogP contribution in [0.5, 0.6) is 11.5 Å². The van der Waals surface area contributed by atoms with Crippen molar-refractivity contribution >= 4 is 17.3 Å². The highest BCUT2D eigenvalue weighted by molar-refractivity contribution is 7.80. The van der Waals surface area contributed by atoms with E-state index in [-0.39, 0.29) is 0 Å². The fraction of sp³-hybridized carbons (Fsp3) is 0.533. The fourth-order valence-electron chi connectivity index (χ4n) is 3.21. The standard InChI is InChI=1S/C15H20N2O2S/c1-9-6-12-11-8-14(19-3)13(18-2)7-10(11)4-5-17(12)15(20)16-9/h7-9,12H,4-6H2,1-3H3,(H,16,20)/t9-,12+/m0/s1. The number of nitrogens with one attached hydrogen (secondary N) is 1. The van der Waals surface area contributed by atoms with Gasteiger partial charge < -0.3 is 19.7 Å². The molecule has 1 fully saturated rings. The van der Waals surface area contributed by atoms with Crippen LogP contribution in [0.1, 0.15) is 30.5 Å². The van der Waals surface area contributed by atoms with E-state index in [1.807, 2.05) is 0 Å². The Morgan fingerprint density at radius 3 is 2.65 bits per heavy atom. The lowest BCUT2D eigenvalue weighted by molar-refractivity contribution is 0.232. The summed E-state index contributed by atoms with van der Waals surface area (Å²) in [5, 5.41) is 4.23. The zero-order chi connectivity index (χ0) is 14.3. The van der Waals surface area contributed by atoms with Crippen LogP contribution < -0.4 is 14.8 Å². The van der Waals surface area contributed by atoms with E-state index in [2.05, 4.69) is 29.3 Å². The Kier molecular flexibility index (Phi) is 3.46. The van der Waals surface area contributed by atoms with Gasteiger partial charge >= 0.3 is 0 Å². The molecule has 0 bridgehead atoms. The molecule has 108 valence electrons. The van der Waals surface area contributed by atoms with Crippen molar-refractivity contribution in [1.82, 2.24) is 10.2 Å². The average molecular weight is 292 g/mol. The van der Waals surface area contributed by atoms with Crippen LogP contribution in [0.2, 0.25) is 0 Å². The van der Waals surface area contributed by atoms with Gasteiger partial charge in [0.1, 0.15) is 0 Å². The second kappa shape index (κ2) is 5.13. The van der Waals surface area contributed by atoms with Crippen molar-refractivity contribution < 1.29 is 9.47 Å². The third-order valence-corrected chi connectivity index (χ3v) is 4.56. The van der Waals surface area contributed by atoms with E-state index >= 15 is 0 Å². The van der Waals surface area contributed by atoms with Crippen LogP contribution in [0.25, 0.3) is 0 Å². The van der Waals surface area contributed by atoms with Gasteiger partial charge in [0.25, 0.3) is 0 Å². The van der Waals surface area contributed by atoms with Gasteiger partial charge in [0.05, 0.1) is 20.3 Å². The van der Waals surface area contributed by atoms with E-state index in [1.54, 1.807) is 14.2 Å². The Balaban J connectivity index is 2.04. The van der Waals surface area contributed by atoms with Crippen LogP contribution in [0.4, 0.5) is 0 Å². The summed E-state index contributed by atoms with van der Waals surface area (Å²) in [5.74, 6) is 1.61. The first-order valence-electron chi connectivity index (χ1n) is 6.96. The molecule has 0 spiro atoms. The summed E-state index contributed by atoms with van der Waals surface area (Å²) in [6.45, 7) is 3.14. The lowest BCUT2D eigenvalue weighted by Gasteiger charge is -2.45. The molecule has 0 aromatic heterocycles. The van der Waals surface area contributed by atoms with Crippen molar-refractivity contribution in [3.8, 4) is 11.5 Å². The summed E-state index contributed by atoms with van der Waals surface area (Å²) in [7, 11) is 3.36. The van der Waals surface area contributed by atoms with Crippen molar-refractivity contribution in [2.24, 2.45) is 0 Å². The van der Waals surface area contributed by atoms with Crippen LogP contribution in [0.3, 0.4) is 0 Å². The molecule has 0 aliphatic carbocycles. The second-order valence-corrected chi connectivity index (χ2v) is 5.84. The van der Waals surface area contributed by atoms with Crippen molar-refractivity contribution in [2.75, 3.05) is 20.8 Å². The Labute approximate surface area is 125 Å². The monoisotopic (exact) mass is 292 g/mol. The van der Waals surface area contributed by atoms with E-state index in [4.69, 9.17) is 21.7 Å². The smallest absolute Gasteiger partial charge is 0.169 e. The topological polar surface area (TPSA) is 33.7 Å². The van der Waals surface area contributed by atoms with Crippen LogP contribution >= 0.6 is 12.2 Å². The van der Waals surface area contributed by atoms with Gasteiger partial charge in [0.2, 0.25) is 0 Å². The van der Waals surface area contributed by atoms with Gasteiger partial charge in [-0.15, -0.1) is 0 Å². The fourth-order valence-corrected chi connectivity index (χ4v) is 3.63. The maximum absolute atomic E-state index is 5.48. The molecule has 0 saturated carbocycles. The summed E-state index contributed by atoms with van der Waals surface area (Å²) in [5.41, 5.74) is 2.67. The number of thiocarbonyl (C=S) groups is 1. The van der Waals surface area contributed by atoms with Gasteiger partial charge in [0.15, 0.2) is 16.6 Å². The zero-order valence-corrected chi connectivity index (χ0v) is 12.9. The van der Waals surface area contributed by atoms with Crippen molar-refractivity contribution in [3.63, 3.8) is 0 Å². The Morgan fingerprint density at radius 1 is 1.25 bits per heavy atom. The first-order chi connectivity index (χ1) is 9.63. The second-order valence-electron chi connectivity index (χ2n) is 5.45. The lowest BCUT2D eigenvalue weighted by Crippen LogP contribution is -2.54. The molecule has 4 nitrogen and oxygen atoms in total. The number of nitrogens with zero attached hydrogens (tertiary/aromatic N) is 1. The van der Waals surface area contributed by atoms with Crippen LogP contribution in [0.15, 0.2) is 12.1 Å². The highest BCUT2D eigenvalue weighted by atomic mass is 32.1. The van der Waals surface area contributed by atoms with E-state index in [0.717, 1.165) is 36.0 Å². The Morgan fingerprint density at radius 2 is 1.95 bits per heavy atom. The first kappa shape index (κ1) is 13.5. The number of fused-ring (bicyclic) bond motifs is 3. The third kappa shape index (κ3) is 2.10. The van der Waals surface area contributed by atoms with E-state index in [9.17, 15) is 0 Å². The molecular weight excluding hydrogens is 272 g/mol. The number of ether oxygens (including phenoxy) is 2. The minimum atomic E-state index is 0.349. The molecule has 0 amide bonds. The van der Waals surface area contributed by atoms with Gasteiger partial charge in [-0.3, -0.25) is 0 Å². The molecule has 0 radical (unpaired) electrons. The normalized spacial score (nSPS) is 24.6. The molecule has 5 heteroatoms. The highest BCUT2D eigenvalue weighted by Crippen LogP contribution is 2.40. The predicted molar refractivity (Wildman–Crippen MR) is 82.5 cm³/mol. The number of rotatable bonds is 2. The Bertz CT molecular complexity index is 547. The SMILES string of the molecule is COc1cc2c(cc1OC)[C@H]1C[C@H](C)NC(=S)N1CC2. The summed E-state index contributed by atoms with van der Waals surface area (Å²) in [6, 6.07) is 4.98. The van der Waals surface area contributed by atoms with Gasteiger partial charge in [-0.05, 0) is 55.2 Å². The molecule has 20 heavy (non-hydrogen) atoms. The maximum Gasteiger partial charge on any atom is 0.169 e. The molecule has 2 heterocycles. The molecule has 2 aliphatic rings. The van der Waals surface area contributed by atoms with E-state index in [1.165, 1.54) is 11.1 Å². The van der Waals surface area contributed by atoms with Gasteiger partial charge in [-0.1, -0.05) is 0 Å². The molecule has 1 saturated heterocycles. The Hall–Kier alpha value is -1.49. The summed E-state index contributed by atoms with van der Waals surface area (Å²) in [6.07, 6.45) is 2.05. The van der Waals surface area contributed by atoms with Crippen LogP contribution in [-0.2, 0) is 6.42 Å². The molecule has 1 N–H and O–H groups in total. The minimum absolute atomic E-state index is 0.349. The molecule has 1 aromatic carbocycles. The third-order valence-electron chi connectivity index (χ3n) is 4.21. The van der Waals surface area contributed by atoms with Crippen LogP contribution in [-0.4, -0.2) is 36.8 Å². The molecule has 2 atom stereocenters. The van der Waals surface area contributed by atoms with Crippen LogP contribution in [0, 0.1) is 0 Å². The average Bonchev–Trinajstić information content (AvgIpc) is 2.45. The maximum atomic E-state index is 5.48. The minimum Gasteiger partial charge on any atom is -0.493 e. The molecular formula is C15H20N2O2S. The highest BCUT2D eigenvalue weighted by Gasteiger charge is 2.35. The zero-order valence-electron chi connectivity index (χ0n) is 12.1. The van der Waals surface area contributed by atoms with Gasteiger partial charge in [-0.25, -0.2) is 0 Å². The first-order valence-corrected chi connectivity index (χ1v) is 7.36. The molecule has 0 unspecified atom stereocenters. The van der Waals surface area contributed by atoms with E-state index in [0.29, 0.717) is 12.1 Å². The number of benzene rings is 1. The molecule has 1 aromatic rings. The number of hydrogen-bond donors (Lipinski definition) is 1. The van der Waals surface area contributed by atoms with Crippen molar-refractivity contribution in [3.05, 3.63) is 23.3 Å². The number of hydrogen-bond acceptors (Lipinski definition) is 3.